The van der Waals surface area contributed by atoms with Crippen LogP contribution in [0.5, 0.6) is 0 Å². The molecule has 2 aromatic rings. The van der Waals surface area contributed by atoms with Crippen LogP contribution in [0.4, 0.5) is 0 Å². The smallest absolute Gasteiger partial charge is 0.226 e. The number of piperidine rings is 1. The molecule has 2 heterocycles. The molecule has 0 amide bonds. The summed E-state index contributed by atoms with van der Waals surface area (Å²) in [4.78, 5) is 6.73. The monoisotopic (exact) mass is 306 g/mol. The summed E-state index contributed by atoms with van der Waals surface area (Å²) in [6.07, 6.45) is 3.56. The number of aliphatic hydroxyl groups is 1. The SMILES string of the molecule is CC1(O)CCCN(Cc2coc(-c3ccc(Cl)cc3)n2)C1. The molecule has 1 aliphatic heterocycles. The second kappa shape index (κ2) is 5.79. The van der Waals surface area contributed by atoms with E-state index in [2.05, 4.69) is 9.88 Å². The van der Waals surface area contributed by atoms with Crippen LogP contribution >= 0.6 is 11.6 Å². The van der Waals surface area contributed by atoms with Gasteiger partial charge in [-0.05, 0) is 50.6 Å². The van der Waals surface area contributed by atoms with Gasteiger partial charge < -0.3 is 9.52 Å². The van der Waals surface area contributed by atoms with Crippen LogP contribution < -0.4 is 0 Å². The lowest BCUT2D eigenvalue weighted by Gasteiger charge is -2.36. The van der Waals surface area contributed by atoms with Gasteiger partial charge in [0.2, 0.25) is 5.89 Å². The molecule has 21 heavy (non-hydrogen) atoms. The fourth-order valence-electron chi connectivity index (χ4n) is 2.79. The lowest BCUT2D eigenvalue weighted by atomic mass is 9.95. The molecule has 1 N–H and O–H groups in total. The third kappa shape index (κ3) is 3.64. The number of aromatic nitrogens is 1. The van der Waals surface area contributed by atoms with Crippen LogP contribution in [-0.4, -0.2) is 33.7 Å². The highest BCUT2D eigenvalue weighted by atomic mass is 35.5. The topological polar surface area (TPSA) is 49.5 Å². The van der Waals surface area contributed by atoms with Crippen molar-refractivity contribution < 1.29 is 9.52 Å². The van der Waals surface area contributed by atoms with Crippen LogP contribution in [0.2, 0.25) is 5.02 Å². The molecule has 0 radical (unpaired) electrons. The van der Waals surface area contributed by atoms with Gasteiger partial charge in [-0.1, -0.05) is 11.6 Å². The Morgan fingerprint density at radius 3 is 2.86 bits per heavy atom. The van der Waals surface area contributed by atoms with Gasteiger partial charge in [0.1, 0.15) is 6.26 Å². The fraction of sp³-hybridized carbons (Fsp3) is 0.438. The maximum absolute atomic E-state index is 10.1. The number of halogens is 1. The van der Waals surface area contributed by atoms with E-state index in [1.165, 1.54) is 0 Å². The normalized spacial score (nSPS) is 23.4. The molecule has 112 valence electrons. The standard InChI is InChI=1S/C16H19ClN2O2/c1-16(20)7-2-8-19(11-16)9-14-10-21-15(18-14)12-3-5-13(17)6-4-12/h3-6,10,20H,2,7-9,11H2,1H3. The quantitative estimate of drug-likeness (QED) is 0.945. The lowest BCUT2D eigenvalue weighted by molar-refractivity contribution is -0.0184. The number of hydrogen-bond donors (Lipinski definition) is 1. The summed E-state index contributed by atoms with van der Waals surface area (Å²) in [6.45, 7) is 4.25. The first-order valence-electron chi connectivity index (χ1n) is 7.17. The van der Waals surface area contributed by atoms with E-state index in [9.17, 15) is 5.11 Å². The first-order valence-corrected chi connectivity index (χ1v) is 7.55. The van der Waals surface area contributed by atoms with Gasteiger partial charge in [-0.3, -0.25) is 4.90 Å². The van der Waals surface area contributed by atoms with E-state index in [-0.39, 0.29) is 0 Å². The summed E-state index contributed by atoms with van der Waals surface area (Å²) in [5.41, 5.74) is 1.20. The van der Waals surface area contributed by atoms with Crippen molar-refractivity contribution in [3.8, 4) is 11.5 Å². The summed E-state index contributed by atoms with van der Waals surface area (Å²) < 4.78 is 5.54. The lowest BCUT2D eigenvalue weighted by Crippen LogP contribution is -2.45. The molecule has 1 saturated heterocycles. The Hall–Kier alpha value is -1.36. The Morgan fingerprint density at radius 2 is 2.14 bits per heavy atom. The molecule has 1 aliphatic rings. The second-order valence-corrected chi connectivity index (χ2v) is 6.40. The number of nitrogens with zero attached hydrogens (tertiary/aromatic N) is 2. The highest BCUT2D eigenvalue weighted by Crippen LogP contribution is 2.24. The van der Waals surface area contributed by atoms with Crippen LogP contribution in [0.25, 0.3) is 11.5 Å². The third-order valence-corrected chi connectivity index (χ3v) is 4.03. The molecule has 0 spiro atoms. The van der Waals surface area contributed by atoms with Crippen molar-refractivity contribution in [2.75, 3.05) is 13.1 Å². The van der Waals surface area contributed by atoms with E-state index in [0.717, 1.165) is 30.6 Å². The number of rotatable bonds is 3. The van der Waals surface area contributed by atoms with Crippen molar-refractivity contribution >= 4 is 11.6 Å². The van der Waals surface area contributed by atoms with Crippen LogP contribution in [0.3, 0.4) is 0 Å². The first kappa shape index (κ1) is 14.6. The molecule has 5 heteroatoms. The van der Waals surface area contributed by atoms with Crippen LogP contribution in [0.1, 0.15) is 25.5 Å². The Bertz CT molecular complexity index is 607. The first-order chi connectivity index (χ1) is 10.0. The summed E-state index contributed by atoms with van der Waals surface area (Å²) in [7, 11) is 0. The minimum absolute atomic E-state index is 0.596. The maximum Gasteiger partial charge on any atom is 0.226 e. The average Bonchev–Trinajstić information content (AvgIpc) is 2.87. The molecule has 3 rings (SSSR count). The van der Waals surface area contributed by atoms with E-state index in [4.69, 9.17) is 16.0 Å². The van der Waals surface area contributed by atoms with Crippen molar-refractivity contribution in [2.24, 2.45) is 0 Å². The summed E-state index contributed by atoms with van der Waals surface area (Å²) in [5, 5.41) is 10.8. The Labute approximate surface area is 129 Å². The van der Waals surface area contributed by atoms with E-state index < -0.39 is 5.60 Å². The van der Waals surface area contributed by atoms with Gasteiger partial charge in [-0.15, -0.1) is 0 Å². The average molecular weight is 307 g/mol. The number of β-amino-alcohol motifs (C(OH)–C–C–N with tert-alkyl or cyclic N) is 1. The van der Waals surface area contributed by atoms with Gasteiger partial charge in [0.15, 0.2) is 0 Å². The molecule has 1 fully saturated rings. The minimum Gasteiger partial charge on any atom is -0.444 e. The molecule has 1 unspecified atom stereocenters. The molecule has 4 nitrogen and oxygen atoms in total. The third-order valence-electron chi connectivity index (χ3n) is 3.78. The molecular weight excluding hydrogens is 288 g/mol. The van der Waals surface area contributed by atoms with Gasteiger partial charge in [0.05, 0.1) is 11.3 Å². The van der Waals surface area contributed by atoms with Crippen molar-refractivity contribution in [3.63, 3.8) is 0 Å². The Morgan fingerprint density at radius 1 is 1.38 bits per heavy atom. The van der Waals surface area contributed by atoms with Crippen LogP contribution in [0.15, 0.2) is 34.9 Å². The van der Waals surface area contributed by atoms with Gasteiger partial charge in [-0.2, -0.15) is 0 Å². The number of hydrogen-bond acceptors (Lipinski definition) is 4. The second-order valence-electron chi connectivity index (χ2n) is 5.96. The van der Waals surface area contributed by atoms with E-state index >= 15 is 0 Å². The summed E-state index contributed by atoms with van der Waals surface area (Å²) in [6, 6.07) is 7.43. The molecule has 0 saturated carbocycles. The Balaban J connectivity index is 1.69. The van der Waals surface area contributed by atoms with Crippen molar-refractivity contribution in [2.45, 2.75) is 31.9 Å². The van der Waals surface area contributed by atoms with E-state index in [1.807, 2.05) is 31.2 Å². The van der Waals surface area contributed by atoms with Crippen LogP contribution in [0, 0.1) is 0 Å². The van der Waals surface area contributed by atoms with Crippen LogP contribution in [-0.2, 0) is 6.54 Å². The number of oxazole rings is 1. The Kier molecular flexibility index (Phi) is 4.02. The zero-order valence-corrected chi connectivity index (χ0v) is 12.8. The van der Waals surface area contributed by atoms with Crippen molar-refractivity contribution in [3.05, 3.63) is 41.2 Å². The van der Waals surface area contributed by atoms with Gasteiger partial charge in [0.25, 0.3) is 0 Å². The summed E-state index contributed by atoms with van der Waals surface area (Å²) in [5.74, 6) is 0.602. The maximum atomic E-state index is 10.1. The zero-order valence-electron chi connectivity index (χ0n) is 12.1. The molecular formula is C16H19ClN2O2. The van der Waals surface area contributed by atoms with Gasteiger partial charge in [0, 0.05) is 23.7 Å². The predicted molar refractivity (Wildman–Crippen MR) is 82.1 cm³/mol. The molecule has 1 aromatic carbocycles. The van der Waals surface area contributed by atoms with Crippen molar-refractivity contribution in [1.29, 1.82) is 0 Å². The minimum atomic E-state index is -0.596. The fourth-order valence-corrected chi connectivity index (χ4v) is 2.92. The molecule has 0 aliphatic carbocycles. The van der Waals surface area contributed by atoms with E-state index in [1.54, 1.807) is 6.26 Å². The molecule has 1 aromatic heterocycles. The largest absolute Gasteiger partial charge is 0.444 e. The molecule has 0 bridgehead atoms. The van der Waals surface area contributed by atoms with Gasteiger partial charge in [-0.25, -0.2) is 4.98 Å². The van der Waals surface area contributed by atoms with Crippen molar-refractivity contribution in [1.82, 2.24) is 9.88 Å². The predicted octanol–water partition coefficient (Wildman–Crippen LogP) is 3.34. The number of benzene rings is 1. The zero-order chi connectivity index (χ0) is 14.9. The highest BCUT2D eigenvalue weighted by Gasteiger charge is 2.28. The van der Waals surface area contributed by atoms with Gasteiger partial charge >= 0.3 is 0 Å². The molecule has 1 atom stereocenters. The number of likely N-dealkylation sites (tertiary alicyclic amines) is 1. The highest BCUT2D eigenvalue weighted by molar-refractivity contribution is 6.30. The summed E-state index contributed by atoms with van der Waals surface area (Å²) >= 11 is 5.88. The van der Waals surface area contributed by atoms with E-state index in [0.29, 0.717) is 24.0 Å².